The first-order valence-electron chi connectivity index (χ1n) is 12.9. The lowest BCUT2D eigenvalue weighted by molar-refractivity contribution is 0.0865. The summed E-state index contributed by atoms with van der Waals surface area (Å²) < 4.78 is 16.2. The van der Waals surface area contributed by atoms with Gasteiger partial charge in [0.2, 0.25) is 5.96 Å². The fraction of sp³-hybridized carbons (Fsp3) is 0.241. The predicted octanol–water partition coefficient (Wildman–Crippen LogP) is 5.06. The van der Waals surface area contributed by atoms with Gasteiger partial charge in [0, 0.05) is 24.5 Å². The van der Waals surface area contributed by atoms with Crippen molar-refractivity contribution in [2.75, 3.05) is 17.3 Å². The molecule has 4 aromatic rings. The highest BCUT2D eigenvalue weighted by Gasteiger charge is 2.49. The zero-order valence-corrected chi connectivity index (χ0v) is 20.9. The van der Waals surface area contributed by atoms with Crippen LogP contribution in [0.25, 0.3) is 11.3 Å². The van der Waals surface area contributed by atoms with Gasteiger partial charge in [0.25, 0.3) is 5.91 Å². The monoisotopic (exact) mass is 507 g/mol. The van der Waals surface area contributed by atoms with E-state index in [0.29, 0.717) is 35.1 Å². The molecular weight excluding hydrogens is 481 g/mol. The quantitative estimate of drug-likeness (QED) is 0.409. The summed E-state index contributed by atoms with van der Waals surface area (Å²) in [4.78, 5) is 26.7. The maximum atomic E-state index is 14.3. The van der Waals surface area contributed by atoms with Gasteiger partial charge in [0.15, 0.2) is 5.82 Å². The van der Waals surface area contributed by atoms with Crippen LogP contribution in [0, 0.1) is 5.82 Å². The highest BCUT2D eigenvalue weighted by atomic mass is 19.1. The number of guanidine groups is 1. The third kappa shape index (κ3) is 3.57. The minimum atomic E-state index is -0.354. The number of carbonyl (C=O) groups excluding carboxylic acids is 1. The highest BCUT2D eigenvalue weighted by Crippen LogP contribution is 2.43. The van der Waals surface area contributed by atoms with E-state index in [1.807, 2.05) is 59.3 Å². The minimum absolute atomic E-state index is 0.124. The van der Waals surface area contributed by atoms with Crippen molar-refractivity contribution in [3.8, 4) is 11.3 Å². The summed E-state index contributed by atoms with van der Waals surface area (Å²) in [5.41, 5.74) is 3.42. The zero-order chi connectivity index (χ0) is 25.8. The van der Waals surface area contributed by atoms with E-state index in [4.69, 9.17) is 10.1 Å². The first kappa shape index (κ1) is 22.7. The molecule has 0 unspecified atom stereocenters. The summed E-state index contributed by atoms with van der Waals surface area (Å²) in [6, 6.07) is 20.8. The van der Waals surface area contributed by atoms with Crippen LogP contribution in [0.1, 0.15) is 35.2 Å². The number of benzene rings is 2. The Labute approximate surface area is 219 Å². The van der Waals surface area contributed by atoms with E-state index in [9.17, 15) is 9.18 Å². The first-order chi connectivity index (χ1) is 18.6. The van der Waals surface area contributed by atoms with E-state index in [0.717, 1.165) is 36.3 Å². The number of rotatable bonds is 5. The second-order valence-electron chi connectivity index (χ2n) is 9.96. The van der Waals surface area contributed by atoms with Gasteiger partial charge in [-0.15, -0.1) is 0 Å². The molecule has 0 saturated heterocycles. The number of nitrogens with zero attached hydrogens (tertiary/aromatic N) is 6. The van der Waals surface area contributed by atoms with E-state index >= 15 is 0 Å². The molecule has 7 rings (SSSR count). The molecule has 38 heavy (non-hydrogen) atoms. The summed E-state index contributed by atoms with van der Waals surface area (Å²) in [5, 5.41) is 8.30. The summed E-state index contributed by atoms with van der Waals surface area (Å²) in [6.45, 7) is 0.446. The second kappa shape index (κ2) is 8.79. The van der Waals surface area contributed by atoms with Crippen molar-refractivity contribution >= 4 is 29.2 Å². The van der Waals surface area contributed by atoms with Crippen molar-refractivity contribution < 1.29 is 9.18 Å². The number of para-hydroxylation sites is 1. The molecule has 3 aliphatic rings. The Hall–Kier alpha value is -4.53. The molecule has 1 fully saturated rings. The normalized spacial score (nSPS) is 19.7. The van der Waals surface area contributed by atoms with Gasteiger partial charge in [-0.05, 0) is 49.1 Å². The van der Waals surface area contributed by atoms with Crippen molar-refractivity contribution in [3.63, 3.8) is 0 Å². The summed E-state index contributed by atoms with van der Waals surface area (Å²) in [7, 11) is 1.79. The van der Waals surface area contributed by atoms with Gasteiger partial charge in [0.05, 0.1) is 18.6 Å². The smallest absolute Gasteiger partial charge is 0.267 e. The summed E-state index contributed by atoms with van der Waals surface area (Å²) >= 11 is 0. The van der Waals surface area contributed by atoms with Crippen LogP contribution in [0.5, 0.6) is 0 Å². The minimum Gasteiger partial charge on any atom is -0.338 e. The maximum Gasteiger partial charge on any atom is 0.267 e. The molecular formula is C29H26FN7O. The molecule has 1 N–H and O–H groups in total. The Morgan fingerprint density at radius 1 is 1.03 bits per heavy atom. The van der Waals surface area contributed by atoms with Crippen LogP contribution >= 0.6 is 0 Å². The zero-order valence-electron chi connectivity index (χ0n) is 20.9. The van der Waals surface area contributed by atoms with Crippen molar-refractivity contribution in [1.82, 2.24) is 19.7 Å². The number of aliphatic imine (C=N–C) groups is 1. The topological polar surface area (TPSA) is 78.7 Å². The van der Waals surface area contributed by atoms with Crippen LogP contribution in [0.4, 0.5) is 21.7 Å². The number of carbonyl (C=O) groups is 1. The van der Waals surface area contributed by atoms with Gasteiger partial charge >= 0.3 is 0 Å². The number of fused-ring (bicyclic) bond motifs is 5. The van der Waals surface area contributed by atoms with Gasteiger partial charge in [-0.1, -0.05) is 42.5 Å². The summed E-state index contributed by atoms with van der Waals surface area (Å²) in [5.74, 6) is 1.52. The lowest BCUT2D eigenvalue weighted by Gasteiger charge is -2.35. The number of hydrogen-bond donors (Lipinski definition) is 1. The average Bonchev–Trinajstić information content (AvgIpc) is 3.62. The van der Waals surface area contributed by atoms with Crippen molar-refractivity contribution in [3.05, 3.63) is 89.9 Å². The SMILES string of the molecule is CN1C(=O)c2c(Nc3ccccc3)nn(Cc3ccc(-c4ncccc4F)cc3)c2N2C1=N[C@@H]1CCC[C@@H]12. The molecule has 2 aromatic heterocycles. The lowest BCUT2D eigenvalue weighted by atomic mass is 10.1. The predicted molar refractivity (Wildman–Crippen MR) is 144 cm³/mol. The van der Waals surface area contributed by atoms with Gasteiger partial charge in [-0.3, -0.25) is 19.6 Å². The van der Waals surface area contributed by atoms with Gasteiger partial charge in [-0.2, -0.15) is 5.10 Å². The van der Waals surface area contributed by atoms with Crippen LogP contribution in [0.15, 0.2) is 77.9 Å². The Balaban J connectivity index is 1.30. The molecule has 4 heterocycles. The molecule has 8 nitrogen and oxygen atoms in total. The fourth-order valence-electron chi connectivity index (χ4n) is 5.78. The third-order valence-corrected chi connectivity index (χ3v) is 7.60. The Bertz CT molecular complexity index is 1560. The molecule has 0 spiro atoms. The van der Waals surface area contributed by atoms with Crippen molar-refractivity contribution in [1.29, 1.82) is 0 Å². The number of hydrogen-bond acceptors (Lipinski definition) is 6. The second-order valence-corrected chi connectivity index (χ2v) is 9.96. The average molecular weight is 508 g/mol. The van der Waals surface area contributed by atoms with E-state index in [2.05, 4.69) is 15.2 Å². The Morgan fingerprint density at radius 3 is 2.63 bits per heavy atom. The number of nitrogens with one attached hydrogen (secondary N) is 1. The molecule has 190 valence electrons. The number of amides is 1. The van der Waals surface area contributed by atoms with Crippen LogP contribution in [-0.2, 0) is 6.54 Å². The Kier molecular flexibility index (Phi) is 5.24. The fourth-order valence-corrected chi connectivity index (χ4v) is 5.78. The van der Waals surface area contributed by atoms with E-state index in [-0.39, 0.29) is 23.8 Å². The van der Waals surface area contributed by atoms with E-state index < -0.39 is 0 Å². The summed E-state index contributed by atoms with van der Waals surface area (Å²) in [6.07, 6.45) is 4.75. The van der Waals surface area contributed by atoms with Crippen LogP contribution in [0.2, 0.25) is 0 Å². The van der Waals surface area contributed by atoms with Crippen LogP contribution in [-0.4, -0.2) is 50.7 Å². The molecule has 2 aromatic carbocycles. The highest BCUT2D eigenvalue weighted by molar-refractivity contribution is 6.21. The van der Waals surface area contributed by atoms with Gasteiger partial charge in [0.1, 0.15) is 22.9 Å². The molecule has 0 bridgehead atoms. The van der Waals surface area contributed by atoms with Crippen LogP contribution < -0.4 is 10.2 Å². The van der Waals surface area contributed by atoms with Crippen LogP contribution in [0.3, 0.4) is 0 Å². The molecule has 2 aliphatic heterocycles. The third-order valence-electron chi connectivity index (χ3n) is 7.60. The van der Waals surface area contributed by atoms with E-state index in [1.165, 1.54) is 6.07 Å². The largest absolute Gasteiger partial charge is 0.338 e. The molecule has 2 atom stereocenters. The standard InChI is InChI=1S/C29H26FN7O/c1-35-28(38)24-26(32-20-7-3-2-4-8-20)34-36(27(24)37-23-11-5-10-22(23)33-29(35)37)17-18-12-14-19(15-13-18)25-21(30)9-6-16-31-25/h2-4,6-9,12-16,22-23H,5,10-11,17H2,1H3,(H,32,34)/t22-,23+/m1/s1. The maximum absolute atomic E-state index is 14.3. The van der Waals surface area contributed by atoms with Crippen molar-refractivity contribution in [2.24, 2.45) is 4.99 Å². The van der Waals surface area contributed by atoms with E-state index in [1.54, 1.807) is 24.2 Å². The number of aromatic nitrogens is 3. The number of halogens is 1. The first-order valence-corrected chi connectivity index (χ1v) is 12.9. The van der Waals surface area contributed by atoms with Crippen molar-refractivity contribution in [2.45, 2.75) is 37.9 Å². The van der Waals surface area contributed by atoms with Gasteiger partial charge < -0.3 is 5.32 Å². The molecule has 1 saturated carbocycles. The molecule has 0 radical (unpaired) electrons. The lowest BCUT2D eigenvalue weighted by Crippen LogP contribution is -2.52. The number of anilines is 3. The molecule has 9 heteroatoms. The molecule has 1 amide bonds. The number of pyridine rings is 1. The Morgan fingerprint density at radius 2 is 1.84 bits per heavy atom. The van der Waals surface area contributed by atoms with Gasteiger partial charge in [-0.25, -0.2) is 14.1 Å². The molecule has 1 aliphatic carbocycles.